The van der Waals surface area contributed by atoms with Crippen LogP contribution in [0.1, 0.15) is 61.8 Å². The van der Waals surface area contributed by atoms with E-state index in [1.165, 1.54) is 16.7 Å². The fourth-order valence-electron chi connectivity index (χ4n) is 6.52. The topological polar surface area (TPSA) is 45.1 Å². The maximum atomic E-state index is 12.6. The van der Waals surface area contributed by atoms with Gasteiger partial charge in [-0.1, -0.05) is 87.5 Å². The van der Waals surface area contributed by atoms with Gasteiger partial charge in [-0.25, -0.2) is 0 Å². The number of nitroso groups, excluding NO2 is 1. The number of fused-ring (bicyclic) bond motifs is 3. The molecule has 0 aromatic heterocycles. The molecule has 0 unspecified atom stereocenters. The lowest BCUT2D eigenvalue weighted by molar-refractivity contribution is -0.0538. The first-order chi connectivity index (χ1) is 17.9. The van der Waals surface area contributed by atoms with E-state index < -0.39 is 0 Å². The lowest BCUT2D eigenvalue weighted by Gasteiger charge is -2.55. The smallest absolute Gasteiger partial charge is 0.123 e. The van der Waals surface area contributed by atoms with Crippen LogP contribution < -0.4 is 4.74 Å². The maximum Gasteiger partial charge on any atom is 0.123 e. The highest BCUT2D eigenvalue weighted by atomic mass is 16.5. The zero-order chi connectivity index (χ0) is 26.0. The third-order valence-electron chi connectivity index (χ3n) is 8.42. The van der Waals surface area contributed by atoms with Crippen LogP contribution >= 0.6 is 0 Å². The average Bonchev–Trinajstić information content (AvgIpc) is 2.93. The number of piperidine rings is 3. The third kappa shape index (κ3) is 5.15. The summed E-state index contributed by atoms with van der Waals surface area (Å²) in [6.07, 6.45) is 2.20. The van der Waals surface area contributed by atoms with Gasteiger partial charge >= 0.3 is 0 Å². The van der Waals surface area contributed by atoms with E-state index in [1.807, 2.05) is 11.1 Å². The Morgan fingerprint density at radius 3 is 2.05 bits per heavy atom. The highest BCUT2D eigenvalue weighted by molar-refractivity contribution is 5.40. The molecule has 0 N–H and O–H groups in total. The van der Waals surface area contributed by atoms with Crippen LogP contribution in [0.2, 0.25) is 0 Å². The van der Waals surface area contributed by atoms with Gasteiger partial charge in [-0.3, -0.25) is 9.91 Å². The van der Waals surface area contributed by atoms with Crippen molar-refractivity contribution in [3.8, 4) is 5.75 Å². The molecular weight excluding hydrogens is 458 g/mol. The summed E-state index contributed by atoms with van der Waals surface area (Å²) in [4.78, 5) is 15.2. The highest BCUT2D eigenvalue weighted by Crippen LogP contribution is 2.45. The molecule has 37 heavy (non-hydrogen) atoms. The predicted octanol–water partition coefficient (Wildman–Crippen LogP) is 6.77. The fraction of sp³-hybridized carbons (Fsp3) is 0.438. The summed E-state index contributed by atoms with van der Waals surface area (Å²) in [5, 5.41) is 5.55. The molecule has 6 rings (SSSR count). The Balaban J connectivity index is 1.57. The molecular formula is C32H39N3O2. The maximum absolute atomic E-state index is 12.6. The largest absolute Gasteiger partial charge is 0.496 e. The molecule has 194 valence electrons. The molecule has 3 aliphatic rings. The van der Waals surface area contributed by atoms with Crippen LogP contribution in [0.25, 0.3) is 0 Å². The summed E-state index contributed by atoms with van der Waals surface area (Å²) in [6, 6.07) is 28.1. The van der Waals surface area contributed by atoms with E-state index in [-0.39, 0.29) is 23.4 Å². The second-order valence-electron chi connectivity index (χ2n) is 11.6. The van der Waals surface area contributed by atoms with E-state index in [1.54, 1.807) is 7.11 Å². The number of nitrogens with zero attached hydrogens (tertiary/aromatic N) is 3. The monoisotopic (exact) mass is 497 g/mol. The molecule has 3 aromatic carbocycles. The summed E-state index contributed by atoms with van der Waals surface area (Å²) >= 11 is 0. The number of rotatable bonds is 8. The Bertz CT molecular complexity index is 1140. The molecule has 3 fully saturated rings. The van der Waals surface area contributed by atoms with Crippen molar-refractivity contribution in [2.45, 2.75) is 63.6 Å². The Hall–Kier alpha value is -3.18. The molecule has 2 bridgehead atoms. The minimum absolute atomic E-state index is 0.00428. The second kappa shape index (κ2) is 10.7. The molecule has 0 aliphatic carbocycles. The van der Waals surface area contributed by atoms with Crippen molar-refractivity contribution in [3.05, 3.63) is 106 Å². The number of methoxy groups -OCH3 is 1. The van der Waals surface area contributed by atoms with Gasteiger partial charge in [-0.15, -0.1) is 4.91 Å². The molecule has 5 nitrogen and oxygen atoms in total. The van der Waals surface area contributed by atoms with E-state index in [2.05, 4.69) is 104 Å². The molecule has 5 heteroatoms. The molecule has 0 amide bonds. The quantitative estimate of drug-likeness (QED) is 0.254. The summed E-state index contributed by atoms with van der Waals surface area (Å²) in [5.74, 6) is 1.39. The molecule has 2 atom stereocenters. The molecule has 0 radical (unpaired) electrons. The van der Waals surface area contributed by atoms with Crippen LogP contribution in [0, 0.1) is 10.8 Å². The van der Waals surface area contributed by atoms with E-state index in [4.69, 9.17) is 4.74 Å². The van der Waals surface area contributed by atoms with Crippen molar-refractivity contribution in [1.82, 2.24) is 9.91 Å². The Morgan fingerprint density at radius 1 is 0.946 bits per heavy atom. The van der Waals surface area contributed by atoms with Crippen molar-refractivity contribution in [3.63, 3.8) is 0 Å². The number of hydrogen-bond acceptors (Lipinski definition) is 4. The SMILES string of the molecule is COc1ccc(C(C)(C)C)cc1CN(N=O)[C@H]1C2CCN(CC2)[C@H]1C(c1ccccc1)c1ccccc1. The van der Waals surface area contributed by atoms with Gasteiger partial charge in [-0.05, 0) is 66.1 Å². The number of ether oxygens (including phenoxy) is 1. The minimum atomic E-state index is 0.00428. The Kier molecular flexibility index (Phi) is 7.34. The van der Waals surface area contributed by atoms with Gasteiger partial charge in [0, 0.05) is 17.5 Å². The van der Waals surface area contributed by atoms with Gasteiger partial charge < -0.3 is 4.74 Å². The van der Waals surface area contributed by atoms with Gasteiger partial charge in [0.1, 0.15) is 5.75 Å². The fourth-order valence-corrected chi connectivity index (χ4v) is 6.52. The van der Waals surface area contributed by atoms with Crippen LogP contribution in [0.4, 0.5) is 0 Å². The predicted molar refractivity (Wildman–Crippen MR) is 150 cm³/mol. The van der Waals surface area contributed by atoms with Crippen molar-refractivity contribution in [2.75, 3.05) is 20.2 Å². The molecule has 3 aromatic rings. The Labute approximate surface area is 221 Å². The van der Waals surface area contributed by atoms with Crippen molar-refractivity contribution in [1.29, 1.82) is 0 Å². The average molecular weight is 498 g/mol. The van der Waals surface area contributed by atoms with Crippen LogP contribution in [0.5, 0.6) is 5.75 Å². The van der Waals surface area contributed by atoms with Crippen LogP contribution in [-0.4, -0.2) is 42.2 Å². The van der Waals surface area contributed by atoms with Gasteiger partial charge in [0.2, 0.25) is 0 Å². The van der Waals surface area contributed by atoms with Crippen molar-refractivity contribution in [2.24, 2.45) is 11.2 Å². The first-order valence-electron chi connectivity index (χ1n) is 13.5. The highest BCUT2D eigenvalue weighted by Gasteiger charge is 2.49. The molecule has 0 saturated carbocycles. The lowest BCUT2D eigenvalue weighted by atomic mass is 9.70. The van der Waals surface area contributed by atoms with E-state index >= 15 is 0 Å². The molecule has 3 saturated heterocycles. The summed E-state index contributed by atoms with van der Waals surface area (Å²) in [5.41, 5.74) is 4.82. The van der Waals surface area contributed by atoms with E-state index in [0.29, 0.717) is 12.5 Å². The van der Waals surface area contributed by atoms with Crippen LogP contribution in [-0.2, 0) is 12.0 Å². The summed E-state index contributed by atoms with van der Waals surface area (Å²) in [6.45, 7) is 9.21. The standard InChI is InChI=1S/C32H39N3O2/c1-32(2,3)27-15-16-28(37-4)26(21-27)22-35(33-36)30-25-17-19-34(20-18-25)31(30)29(23-11-7-5-8-12-23)24-13-9-6-10-14-24/h5-16,21,25,29-31H,17-20,22H2,1-4H3/t30-,31-/m0/s1. The molecule has 0 spiro atoms. The van der Waals surface area contributed by atoms with Gasteiger partial charge in [-0.2, -0.15) is 0 Å². The van der Waals surface area contributed by atoms with Crippen molar-refractivity contribution >= 4 is 0 Å². The van der Waals surface area contributed by atoms with Crippen molar-refractivity contribution < 1.29 is 4.74 Å². The lowest BCUT2D eigenvalue weighted by Crippen LogP contribution is -2.64. The first-order valence-corrected chi connectivity index (χ1v) is 13.5. The summed E-state index contributed by atoms with van der Waals surface area (Å²) < 4.78 is 5.74. The van der Waals surface area contributed by atoms with Crippen LogP contribution in [0.15, 0.2) is 84.1 Å². The number of benzene rings is 3. The van der Waals surface area contributed by atoms with Gasteiger partial charge in [0.05, 0.1) is 25.0 Å². The second-order valence-corrected chi connectivity index (χ2v) is 11.6. The minimum Gasteiger partial charge on any atom is -0.496 e. The zero-order valence-corrected chi connectivity index (χ0v) is 22.5. The Morgan fingerprint density at radius 2 is 1.54 bits per heavy atom. The normalized spacial score (nSPS) is 23.2. The zero-order valence-electron chi connectivity index (χ0n) is 22.5. The van der Waals surface area contributed by atoms with Gasteiger partial charge in [0.15, 0.2) is 0 Å². The van der Waals surface area contributed by atoms with Gasteiger partial charge in [0.25, 0.3) is 0 Å². The van der Waals surface area contributed by atoms with E-state index in [0.717, 1.165) is 37.2 Å². The van der Waals surface area contributed by atoms with Crippen LogP contribution in [0.3, 0.4) is 0 Å². The summed E-state index contributed by atoms with van der Waals surface area (Å²) in [7, 11) is 1.70. The third-order valence-corrected chi connectivity index (χ3v) is 8.42. The molecule has 3 aliphatic heterocycles. The first kappa shape index (κ1) is 25.5. The van der Waals surface area contributed by atoms with E-state index in [9.17, 15) is 4.91 Å². The molecule has 3 heterocycles. The number of hydrogen-bond donors (Lipinski definition) is 0.